The Bertz CT molecular complexity index is 954. The highest BCUT2D eigenvalue weighted by molar-refractivity contribution is 7.15. The van der Waals surface area contributed by atoms with Gasteiger partial charge < -0.3 is 10.3 Å². The van der Waals surface area contributed by atoms with E-state index in [1.165, 1.54) is 58.9 Å². The van der Waals surface area contributed by atoms with Crippen LogP contribution in [0.15, 0.2) is 47.7 Å². The molecule has 4 nitrogen and oxygen atoms in total. The molecule has 2 atom stereocenters. The van der Waals surface area contributed by atoms with E-state index in [2.05, 4.69) is 66.0 Å². The van der Waals surface area contributed by atoms with Gasteiger partial charge in [0, 0.05) is 34.1 Å². The third-order valence-electron chi connectivity index (χ3n) is 6.54. The number of hydrogen-bond donors (Lipinski definition) is 1. The van der Waals surface area contributed by atoms with Crippen molar-refractivity contribution in [3.8, 4) is 10.4 Å². The zero-order chi connectivity index (χ0) is 20.0. The van der Waals surface area contributed by atoms with E-state index in [0.29, 0.717) is 6.04 Å². The lowest BCUT2D eigenvalue weighted by molar-refractivity contribution is 0.222. The fraction of sp³-hybridized carbons (Fsp3) is 0.458. The lowest BCUT2D eigenvalue weighted by atomic mass is 9.84. The Morgan fingerprint density at radius 2 is 2.00 bits per heavy atom. The summed E-state index contributed by atoms with van der Waals surface area (Å²) in [4.78, 5) is 7.77. The predicted molar refractivity (Wildman–Crippen MR) is 124 cm³/mol. The second-order valence-corrected chi connectivity index (χ2v) is 9.63. The number of hydrogen-bond acceptors (Lipinski definition) is 5. The van der Waals surface area contributed by atoms with Crippen molar-refractivity contribution in [2.45, 2.75) is 45.7 Å². The molecule has 1 N–H and O–H groups in total. The van der Waals surface area contributed by atoms with Gasteiger partial charge in [0.1, 0.15) is 0 Å². The first-order valence-electron chi connectivity index (χ1n) is 10.9. The van der Waals surface area contributed by atoms with Crippen molar-refractivity contribution in [3.63, 3.8) is 0 Å². The largest absolute Gasteiger partial charge is 0.345 e. The molecule has 29 heavy (non-hydrogen) atoms. The molecule has 0 aliphatic carbocycles. The van der Waals surface area contributed by atoms with Crippen LogP contribution in [0.1, 0.15) is 43.6 Å². The molecular weight excluding hydrogens is 376 g/mol. The molecule has 1 aromatic carbocycles. The lowest BCUT2D eigenvalue weighted by Crippen LogP contribution is -2.40. The highest BCUT2D eigenvalue weighted by atomic mass is 32.1. The molecule has 5 heteroatoms. The average molecular weight is 407 g/mol. The van der Waals surface area contributed by atoms with E-state index in [1.807, 2.05) is 11.3 Å². The third-order valence-corrected chi connectivity index (χ3v) is 7.66. The summed E-state index contributed by atoms with van der Waals surface area (Å²) in [5.74, 6) is 0.260. The van der Waals surface area contributed by atoms with Crippen LogP contribution in [0.5, 0.6) is 0 Å². The molecule has 0 saturated carbocycles. The first kappa shape index (κ1) is 18.9. The molecule has 4 heterocycles. The number of piperidine rings is 1. The highest BCUT2D eigenvalue weighted by Gasteiger charge is 2.39. The summed E-state index contributed by atoms with van der Waals surface area (Å²) in [6.07, 6.45) is 4.08. The second-order valence-electron chi connectivity index (χ2n) is 8.46. The number of thiophene rings is 1. The highest BCUT2D eigenvalue weighted by Crippen LogP contribution is 2.41. The molecule has 3 aliphatic rings. The van der Waals surface area contributed by atoms with Gasteiger partial charge in [-0.1, -0.05) is 19.1 Å². The molecule has 2 unspecified atom stereocenters. The Kier molecular flexibility index (Phi) is 4.96. The maximum Gasteiger partial charge on any atom is 0.0807 e. The van der Waals surface area contributed by atoms with Gasteiger partial charge in [-0.3, -0.25) is 4.90 Å². The van der Waals surface area contributed by atoms with E-state index in [1.54, 1.807) is 0 Å². The number of likely N-dealkylation sites (tertiary alicyclic amines) is 1. The summed E-state index contributed by atoms with van der Waals surface area (Å²) in [6, 6.07) is 11.8. The fourth-order valence-electron chi connectivity index (χ4n) is 5.01. The molecule has 1 fully saturated rings. The van der Waals surface area contributed by atoms with Crippen molar-refractivity contribution in [2.75, 3.05) is 24.5 Å². The van der Waals surface area contributed by atoms with Gasteiger partial charge >= 0.3 is 0 Å². The van der Waals surface area contributed by atoms with Gasteiger partial charge in [0.2, 0.25) is 0 Å². The maximum atomic E-state index is 4.69. The van der Waals surface area contributed by atoms with Crippen molar-refractivity contribution in [3.05, 3.63) is 53.0 Å². The number of fused-ring (bicyclic) bond motifs is 3. The molecule has 152 valence electrons. The SMILES string of the molecule is C=C1C2C(=NNC2C)c2cc(-c3ccc(CN4CCCCC4)s3)ccc2N1CC. The topological polar surface area (TPSA) is 30.9 Å². The molecule has 2 aromatic rings. The second kappa shape index (κ2) is 7.62. The predicted octanol–water partition coefficient (Wildman–Crippen LogP) is 5.07. The first-order valence-corrected chi connectivity index (χ1v) is 11.7. The van der Waals surface area contributed by atoms with Gasteiger partial charge in [-0.25, -0.2) is 0 Å². The molecule has 1 saturated heterocycles. The molecule has 0 spiro atoms. The van der Waals surface area contributed by atoms with Crippen molar-refractivity contribution in [1.29, 1.82) is 0 Å². The Morgan fingerprint density at radius 1 is 1.17 bits per heavy atom. The summed E-state index contributed by atoms with van der Waals surface area (Å²) >= 11 is 1.93. The molecular formula is C24H30N4S. The molecule has 0 radical (unpaired) electrons. The zero-order valence-corrected chi connectivity index (χ0v) is 18.3. The summed E-state index contributed by atoms with van der Waals surface area (Å²) < 4.78 is 0. The molecule has 3 aliphatic heterocycles. The van der Waals surface area contributed by atoms with Crippen LogP contribution in [0.3, 0.4) is 0 Å². The van der Waals surface area contributed by atoms with Crippen LogP contribution in [0.2, 0.25) is 0 Å². The van der Waals surface area contributed by atoms with Crippen LogP contribution in [0.25, 0.3) is 10.4 Å². The molecule has 0 bridgehead atoms. The Hall–Kier alpha value is -2.11. The Labute approximate surface area is 177 Å². The lowest BCUT2D eigenvalue weighted by Gasteiger charge is -2.37. The minimum absolute atomic E-state index is 0.260. The minimum atomic E-state index is 0.260. The number of rotatable bonds is 4. The summed E-state index contributed by atoms with van der Waals surface area (Å²) in [7, 11) is 0. The smallest absolute Gasteiger partial charge is 0.0807 e. The van der Waals surface area contributed by atoms with Crippen molar-refractivity contribution in [1.82, 2.24) is 10.3 Å². The van der Waals surface area contributed by atoms with Gasteiger partial charge in [0.15, 0.2) is 0 Å². The summed E-state index contributed by atoms with van der Waals surface area (Å²) in [5.41, 5.74) is 9.37. The van der Waals surface area contributed by atoms with Gasteiger partial charge in [0.25, 0.3) is 0 Å². The van der Waals surface area contributed by atoms with Crippen LogP contribution < -0.4 is 10.3 Å². The standard InChI is InChI=1S/C24H30N4S/c1-4-28-17(3)23-16(2)25-26-24(23)20-14-18(8-10-21(20)28)22-11-9-19(29-22)15-27-12-6-5-7-13-27/h8-11,14,16,23,25H,3-7,12-13,15H2,1-2H3. The van der Waals surface area contributed by atoms with Gasteiger partial charge in [0.05, 0.1) is 23.4 Å². The summed E-state index contributed by atoms with van der Waals surface area (Å²) in [5, 5.41) is 4.69. The van der Waals surface area contributed by atoms with Crippen LogP contribution >= 0.6 is 11.3 Å². The van der Waals surface area contributed by atoms with E-state index in [4.69, 9.17) is 5.10 Å². The van der Waals surface area contributed by atoms with E-state index in [-0.39, 0.29) is 5.92 Å². The quantitative estimate of drug-likeness (QED) is 0.769. The van der Waals surface area contributed by atoms with Crippen molar-refractivity contribution < 1.29 is 0 Å². The number of hydrazone groups is 1. The molecule has 0 amide bonds. The van der Waals surface area contributed by atoms with E-state index >= 15 is 0 Å². The number of benzene rings is 1. The zero-order valence-electron chi connectivity index (χ0n) is 17.4. The average Bonchev–Trinajstić information content (AvgIpc) is 3.36. The molecule has 5 rings (SSSR count). The number of nitrogens with one attached hydrogen (secondary N) is 1. The van der Waals surface area contributed by atoms with E-state index in [9.17, 15) is 0 Å². The van der Waals surface area contributed by atoms with Crippen LogP contribution in [0.4, 0.5) is 5.69 Å². The Balaban J connectivity index is 1.46. The Morgan fingerprint density at radius 3 is 2.79 bits per heavy atom. The van der Waals surface area contributed by atoms with Crippen LogP contribution in [-0.4, -0.2) is 36.3 Å². The van der Waals surface area contributed by atoms with Crippen LogP contribution in [0, 0.1) is 5.92 Å². The number of anilines is 1. The normalized spacial score (nSPS) is 24.1. The number of nitrogens with zero attached hydrogens (tertiary/aromatic N) is 3. The minimum Gasteiger partial charge on any atom is -0.345 e. The maximum absolute atomic E-state index is 4.69. The van der Waals surface area contributed by atoms with Crippen molar-refractivity contribution in [2.24, 2.45) is 11.0 Å². The third kappa shape index (κ3) is 3.30. The van der Waals surface area contributed by atoms with E-state index < -0.39 is 0 Å². The monoisotopic (exact) mass is 406 g/mol. The summed E-state index contributed by atoms with van der Waals surface area (Å²) in [6.45, 7) is 13.3. The fourth-order valence-corrected chi connectivity index (χ4v) is 6.05. The molecule has 1 aromatic heterocycles. The first-order chi connectivity index (χ1) is 14.2. The van der Waals surface area contributed by atoms with E-state index in [0.717, 1.165) is 24.5 Å². The van der Waals surface area contributed by atoms with Crippen molar-refractivity contribution >= 4 is 22.7 Å². The van der Waals surface area contributed by atoms with Gasteiger partial charge in [-0.2, -0.15) is 5.10 Å². The van der Waals surface area contributed by atoms with Gasteiger partial charge in [-0.15, -0.1) is 11.3 Å². The van der Waals surface area contributed by atoms with Crippen LogP contribution in [-0.2, 0) is 6.54 Å². The van der Waals surface area contributed by atoms with Gasteiger partial charge in [-0.05, 0) is 69.6 Å².